The molecule has 8 atom stereocenters. The summed E-state index contributed by atoms with van der Waals surface area (Å²) in [4.78, 5) is 0. The van der Waals surface area contributed by atoms with Gasteiger partial charge in [0.15, 0.2) is 0 Å². The van der Waals surface area contributed by atoms with Crippen molar-refractivity contribution in [1.82, 2.24) is 0 Å². The van der Waals surface area contributed by atoms with Gasteiger partial charge >= 0.3 is 0 Å². The Bertz CT molecular complexity index is 457. The molecule has 4 fully saturated rings. The molecule has 2 aliphatic heterocycles. The van der Waals surface area contributed by atoms with Gasteiger partial charge in [0.25, 0.3) is 0 Å². The second-order valence-electron chi connectivity index (χ2n) is 11.0. The van der Waals surface area contributed by atoms with E-state index >= 15 is 0 Å². The molecule has 0 radical (unpaired) electrons. The van der Waals surface area contributed by atoms with Crippen molar-refractivity contribution in [3.8, 4) is 0 Å². The quantitative estimate of drug-likeness (QED) is 0.665. The van der Waals surface area contributed by atoms with Gasteiger partial charge in [-0.3, -0.25) is 0 Å². The van der Waals surface area contributed by atoms with Crippen LogP contribution in [0, 0.1) is 35.0 Å². The Morgan fingerprint density at radius 1 is 0.826 bits per heavy atom. The van der Waals surface area contributed by atoms with E-state index in [1.165, 1.54) is 25.7 Å². The predicted octanol–water partition coefficient (Wildman–Crippen LogP) is 5.06. The molecule has 2 aliphatic carbocycles. The number of rotatable bonds is 2. The molecular weight excluding hydrogens is 284 g/mol. The molecule has 2 saturated heterocycles. The number of hydrogen-bond acceptors (Lipinski definition) is 2. The van der Waals surface area contributed by atoms with E-state index in [4.69, 9.17) is 9.47 Å². The van der Waals surface area contributed by atoms with Crippen LogP contribution >= 0.6 is 0 Å². The lowest BCUT2D eigenvalue weighted by atomic mass is 9.56. The van der Waals surface area contributed by atoms with Crippen molar-refractivity contribution >= 4 is 0 Å². The summed E-state index contributed by atoms with van der Waals surface area (Å²) in [6.45, 7) is 16.9. The van der Waals surface area contributed by atoms with Gasteiger partial charge in [-0.25, -0.2) is 0 Å². The molecule has 2 saturated carbocycles. The minimum Gasteiger partial charge on any atom is -0.366 e. The standard InChI is InChI=1S/C21H36O2/c1-12-8-14(17-20(6,10-12)22-17)16(19(3,4)5)15-9-13(2)11-21(7)18(15)23-21/h12-18H,8-11H2,1-7H3. The van der Waals surface area contributed by atoms with Crippen LogP contribution in [0.15, 0.2) is 0 Å². The molecule has 2 heteroatoms. The summed E-state index contributed by atoms with van der Waals surface area (Å²) in [5.41, 5.74) is 0.683. The molecule has 4 rings (SSSR count). The Labute approximate surface area is 142 Å². The summed E-state index contributed by atoms with van der Waals surface area (Å²) in [6.07, 6.45) is 6.20. The first-order valence-corrected chi connectivity index (χ1v) is 9.89. The molecule has 4 aliphatic rings. The molecule has 0 amide bonds. The Morgan fingerprint density at radius 3 is 1.57 bits per heavy atom. The van der Waals surface area contributed by atoms with E-state index < -0.39 is 0 Å². The lowest BCUT2D eigenvalue weighted by Crippen LogP contribution is -2.46. The second-order valence-corrected chi connectivity index (χ2v) is 11.0. The van der Waals surface area contributed by atoms with Crippen molar-refractivity contribution in [2.75, 3.05) is 0 Å². The predicted molar refractivity (Wildman–Crippen MR) is 93.3 cm³/mol. The van der Waals surface area contributed by atoms with E-state index in [1.54, 1.807) is 0 Å². The molecule has 0 N–H and O–H groups in total. The third kappa shape index (κ3) is 2.59. The van der Waals surface area contributed by atoms with E-state index in [1.807, 2.05) is 0 Å². The fraction of sp³-hybridized carbons (Fsp3) is 1.00. The first-order valence-electron chi connectivity index (χ1n) is 9.89. The van der Waals surface area contributed by atoms with Crippen LogP contribution < -0.4 is 0 Å². The minimum atomic E-state index is 0.180. The fourth-order valence-corrected chi connectivity index (χ4v) is 6.92. The minimum absolute atomic E-state index is 0.180. The van der Waals surface area contributed by atoms with Gasteiger partial charge in [-0.05, 0) is 74.5 Å². The number of fused-ring (bicyclic) bond motifs is 2. The van der Waals surface area contributed by atoms with Crippen molar-refractivity contribution in [2.45, 2.75) is 97.6 Å². The van der Waals surface area contributed by atoms with Gasteiger partial charge in [-0.2, -0.15) is 0 Å². The molecule has 0 bridgehead atoms. The third-order valence-corrected chi connectivity index (χ3v) is 7.44. The molecule has 132 valence electrons. The number of epoxide rings is 2. The Kier molecular flexibility index (Phi) is 3.39. The van der Waals surface area contributed by atoms with Gasteiger partial charge < -0.3 is 9.47 Å². The molecule has 0 aromatic carbocycles. The molecule has 2 heterocycles. The first-order chi connectivity index (χ1) is 10.5. The van der Waals surface area contributed by atoms with Gasteiger partial charge in [0.05, 0.1) is 23.4 Å². The highest BCUT2D eigenvalue weighted by Gasteiger charge is 2.67. The van der Waals surface area contributed by atoms with Gasteiger partial charge in [-0.1, -0.05) is 34.6 Å². The number of ether oxygens (including phenoxy) is 2. The summed E-state index contributed by atoms with van der Waals surface area (Å²) in [5, 5.41) is 0. The van der Waals surface area contributed by atoms with Crippen LogP contribution in [0.4, 0.5) is 0 Å². The van der Waals surface area contributed by atoms with Crippen molar-refractivity contribution in [3.05, 3.63) is 0 Å². The summed E-state index contributed by atoms with van der Waals surface area (Å²) in [6, 6.07) is 0. The van der Waals surface area contributed by atoms with Crippen molar-refractivity contribution in [2.24, 2.45) is 35.0 Å². The third-order valence-electron chi connectivity index (χ3n) is 7.44. The highest BCUT2D eigenvalue weighted by molar-refractivity contribution is 5.15. The van der Waals surface area contributed by atoms with Crippen molar-refractivity contribution in [3.63, 3.8) is 0 Å². The summed E-state index contributed by atoms with van der Waals surface area (Å²) >= 11 is 0. The van der Waals surface area contributed by atoms with Crippen LogP contribution in [-0.4, -0.2) is 23.4 Å². The SMILES string of the molecule is CC1CC(C(C2CC(C)CC3(C)OC23)C(C)(C)C)C2OC2(C)C1. The van der Waals surface area contributed by atoms with Crippen LogP contribution in [0.25, 0.3) is 0 Å². The molecule has 0 aromatic heterocycles. The van der Waals surface area contributed by atoms with E-state index in [0.29, 0.717) is 35.4 Å². The van der Waals surface area contributed by atoms with Gasteiger partial charge in [-0.15, -0.1) is 0 Å². The monoisotopic (exact) mass is 320 g/mol. The fourth-order valence-electron chi connectivity index (χ4n) is 6.92. The van der Waals surface area contributed by atoms with E-state index in [9.17, 15) is 0 Å². The maximum Gasteiger partial charge on any atom is 0.0926 e. The molecule has 8 unspecified atom stereocenters. The molecule has 23 heavy (non-hydrogen) atoms. The highest BCUT2D eigenvalue weighted by atomic mass is 16.6. The Balaban J connectivity index is 1.64. The summed E-state index contributed by atoms with van der Waals surface area (Å²) in [7, 11) is 0. The number of hydrogen-bond donors (Lipinski definition) is 0. The highest BCUT2D eigenvalue weighted by Crippen LogP contribution is 2.63. The molecule has 0 spiro atoms. The van der Waals surface area contributed by atoms with Crippen LogP contribution in [0.2, 0.25) is 0 Å². The van der Waals surface area contributed by atoms with Crippen LogP contribution in [-0.2, 0) is 9.47 Å². The van der Waals surface area contributed by atoms with E-state index in [0.717, 1.165) is 11.8 Å². The van der Waals surface area contributed by atoms with Gasteiger partial charge in [0.1, 0.15) is 0 Å². The maximum atomic E-state index is 6.28. The zero-order valence-electron chi connectivity index (χ0n) is 16.2. The largest absolute Gasteiger partial charge is 0.366 e. The topological polar surface area (TPSA) is 25.1 Å². The second kappa shape index (κ2) is 4.75. The summed E-state index contributed by atoms with van der Waals surface area (Å²) < 4.78 is 12.6. The summed E-state index contributed by atoms with van der Waals surface area (Å²) in [5.74, 6) is 3.73. The zero-order valence-corrected chi connectivity index (χ0v) is 16.2. The van der Waals surface area contributed by atoms with Crippen LogP contribution in [0.5, 0.6) is 0 Å². The maximum absolute atomic E-state index is 6.28. The molecule has 0 aromatic rings. The van der Waals surface area contributed by atoms with Crippen molar-refractivity contribution in [1.29, 1.82) is 0 Å². The average Bonchev–Trinajstić information content (AvgIpc) is 3.21. The smallest absolute Gasteiger partial charge is 0.0926 e. The first kappa shape index (κ1) is 16.4. The van der Waals surface area contributed by atoms with Gasteiger partial charge in [0.2, 0.25) is 0 Å². The average molecular weight is 321 g/mol. The van der Waals surface area contributed by atoms with E-state index in [-0.39, 0.29) is 11.2 Å². The normalized spacial score (nSPS) is 56.5. The van der Waals surface area contributed by atoms with Crippen molar-refractivity contribution < 1.29 is 9.47 Å². The van der Waals surface area contributed by atoms with E-state index in [2.05, 4.69) is 48.5 Å². The Morgan fingerprint density at radius 2 is 1.22 bits per heavy atom. The zero-order chi connectivity index (χ0) is 16.8. The lowest BCUT2D eigenvalue weighted by molar-refractivity contribution is 0.0251. The lowest BCUT2D eigenvalue weighted by Gasteiger charge is -2.46. The van der Waals surface area contributed by atoms with Crippen LogP contribution in [0.3, 0.4) is 0 Å². The molecule has 2 nitrogen and oxygen atoms in total. The Hall–Kier alpha value is -0.0800. The van der Waals surface area contributed by atoms with Crippen LogP contribution in [0.1, 0.15) is 74.1 Å². The van der Waals surface area contributed by atoms with Gasteiger partial charge in [0, 0.05) is 0 Å². The molecular formula is C21H36O2.